The summed E-state index contributed by atoms with van der Waals surface area (Å²) in [4.78, 5) is 30.0. The van der Waals surface area contributed by atoms with Crippen molar-refractivity contribution in [1.29, 1.82) is 0 Å². The molecule has 12 nitrogen and oxygen atoms in total. The topological polar surface area (TPSA) is 138 Å². The van der Waals surface area contributed by atoms with E-state index in [4.69, 9.17) is 18.3 Å². The van der Waals surface area contributed by atoms with E-state index in [0.717, 1.165) is 4.80 Å². The van der Waals surface area contributed by atoms with Crippen molar-refractivity contribution in [1.82, 2.24) is 25.5 Å². The number of ether oxygens (including phenoxy) is 2. The molecular formula is C26H28N6O6. The van der Waals surface area contributed by atoms with Crippen molar-refractivity contribution in [2.75, 3.05) is 18.1 Å². The number of aromatic nitrogens is 4. The molecule has 0 radical (unpaired) electrons. The minimum atomic E-state index is -1.13. The first kappa shape index (κ1) is 25.1. The van der Waals surface area contributed by atoms with Crippen molar-refractivity contribution >= 4 is 17.5 Å². The van der Waals surface area contributed by atoms with Gasteiger partial charge in [0.15, 0.2) is 23.3 Å². The van der Waals surface area contributed by atoms with Gasteiger partial charge in [0, 0.05) is 17.3 Å². The number of amides is 2. The maximum absolute atomic E-state index is 13.9. The van der Waals surface area contributed by atoms with E-state index in [9.17, 15) is 9.59 Å². The van der Waals surface area contributed by atoms with Crippen LogP contribution in [-0.4, -0.2) is 50.8 Å². The molecule has 1 aromatic carbocycles. The highest BCUT2D eigenvalue weighted by Crippen LogP contribution is 2.37. The number of furan rings is 2. The number of anilines is 1. The van der Waals surface area contributed by atoms with Crippen LogP contribution >= 0.6 is 0 Å². The third-order valence-electron chi connectivity index (χ3n) is 5.58. The van der Waals surface area contributed by atoms with E-state index in [2.05, 4.69) is 20.7 Å². The molecule has 1 aliphatic rings. The van der Waals surface area contributed by atoms with Gasteiger partial charge >= 0.3 is 0 Å². The number of hydrogen-bond acceptors (Lipinski definition) is 9. The molecule has 0 saturated heterocycles. The Balaban J connectivity index is 1.53. The molecule has 2 amide bonds. The maximum Gasteiger partial charge on any atom is 0.251 e. The Morgan fingerprint density at radius 2 is 1.89 bits per heavy atom. The molecule has 198 valence electrons. The third kappa shape index (κ3) is 5.38. The van der Waals surface area contributed by atoms with E-state index in [0.29, 0.717) is 41.9 Å². The van der Waals surface area contributed by atoms with Crippen molar-refractivity contribution in [3.8, 4) is 23.1 Å². The van der Waals surface area contributed by atoms with Gasteiger partial charge in [0.25, 0.3) is 11.8 Å². The quantitative estimate of drug-likeness (QED) is 0.389. The largest absolute Gasteiger partial charge is 0.486 e. The van der Waals surface area contributed by atoms with Gasteiger partial charge in [-0.25, -0.2) is 0 Å². The van der Waals surface area contributed by atoms with Crippen LogP contribution in [0.4, 0.5) is 5.69 Å². The second-order valence-electron chi connectivity index (χ2n) is 9.80. The van der Waals surface area contributed by atoms with Gasteiger partial charge in [0.1, 0.15) is 31.3 Å². The first-order chi connectivity index (χ1) is 18.2. The van der Waals surface area contributed by atoms with Crippen molar-refractivity contribution in [2.45, 2.75) is 45.8 Å². The number of aryl methyl sites for hydroxylation is 1. The Morgan fingerprint density at radius 3 is 2.58 bits per heavy atom. The summed E-state index contributed by atoms with van der Waals surface area (Å²) in [6.07, 6.45) is 1.45. The lowest BCUT2D eigenvalue weighted by molar-refractivity contribution is -0.128. The van der Waals surface area contributed by atoms with Gasteiger partial charge in [-0.1, -0.05) is 0 Å². The number of rotatable bonds is 7. The van der Waals surface area contributed by atoms with E-state index in [1.54, 1.807) is 49.4 Å². The number of nitrogens with zero attached hydrogens (tertiary/aromatic N) is 5. The normalized spacial score (nSPS) is 13.7. The molecular weight excluding hydrogens is 492 g/mol. The van der Waals surface area contributed by atoms with Gasteiger partial charge in [0.05, 0.1) is 6.26 Å². The van der Waals surface area contributed by atoms with Gasteiger partial charge in [-0.15, -0.1) is 10.2 Å². The first-order valence-corrected chi connectivity index (χ1v) is 12.1. The summed E-state index contributed by atoms with van der Waals surface area (Å²) >= 11 is 0. The van der Waals surface area contributed by atoms with Crippen LogP contribution in [0.3, 0.4) is 0 Å². The number of carbonyl (C=O) groups is 2. The molecule has 38 heavy (non-hydrogen) atoms. The molecule has 0 fully saturated rings. The van der Waals surface area contributed by atoms with E-state index in [1.165, 1.54) is 11.2 Å². The molecule has 0 bridgehead atoms. The zero-order chi connectivity index (χ0) is 26.9. The smallest absolute Gasteiger partial charge is 0.251 e. The van der Waals surface area contributed by atoms with Crippen LogP contribution < -0.4 is 19.7 Å². The Labute approximate surface area is 218 Å². The van der Waals surface area contributed by atoms with Crippen molar-refractivity contribution in [2.24, 2.45) is 0 Å². The number of hydrogen-bond donors (Lipinski definition) is 1. The van der Waals surface area contributed by atoms with Gasteiger partial charge in [-0.3, -0.25) is 14.5 Å². The fourth-order valence-electron chi connectivity index (χ4n) is 4.04. The fraction of sp³-hybridized carbons (Fsp3) is 0.346. The Bertz CT molecular complexity index is 1430. The molecule has 0 spiro atoms. The van der Waals surface area contributed by atoms with Crippen molar-refractivity contribution < 1.29 is 27.9 Å². The summed E-state index contributed by atoms with van der Waals surface area (Å²) in [5.74, 6) is 1.78. The Morgan fingerprint density at radius 1 is 1.11 bits per heavy atom. The molecule has 3 aromatic heterocycles. The van der Waals surface area contributed by atoms with E-state index >= 15 is 0 Å². The molecule has 12 heteroatoms. The second-order valence-corrected chi connectivity index (χ2v) is 9.80. The number of nitrogens with one attached hydrogen (secondary N) is 1. The standard InChI is InChI=1S/C26H28N6O6/c1-16-7-9-20(38-16)24-28-30-31(29-24)15-22(33)32(17-8-10-18-21(14-17)37-13-12-36-18)23(19-6-5-11-35-19)25(34)27-26(2,3)4/h5-11,14,23H,12-13,15H2,1-4H3,(H,27,34). The molecule has 4 aromatic rings. The lowest BCUT2D eigenvalue weighted by Crippen LogP contribution is -2.50. The molecule has 0 saturated carbocycles. The lowest BCUT2D eigenvalue weighted by atomic mass is 10.1. The van der Waals surface area contributed by atoms with Crippen LogP contribution in [0.5, 0.6) is 11.5 Å². The number of benzene rings is 1. The minimum Gasteiger partial charge on any atom is -0.486 e. The lowest BCUT2D eigenvalue weighted by Gasteiger charge is -2.32. The van der Waals surface area contributed by atoms with Gasteiger partial charge in [-0.05, 0) is 69.3 Å². The predicted octanol–water partition coefficient (Wildman–Crippen LogP) is 3.29. The molecule has 1 N–H and O–H groups in total. The molecule has 1 atom stereocenters. The molecule has 5 rings (SSSR count). The molecule has 1 aliphatic heterocycles. The summed E-state index contributed by atoms with van der Waals surface area (Å²) < 4.78 is 22.6. The highest BCUT2D eigenvalue weighted by molar-refractivity contribution is 6.01. The average Bonchev–Trinajstić information content (AvgIpc) is 3.63. The monoisotopic (exact) mass is 520 g/mol. The zero-order valence-electron chi connectivity index (χ0n) is 21.5. The average molecular weight is 521 g/mol. The maximum atomic E-state index is 13.9. The number of fused-ring (bicyclic) bond motifs is 1. The van der Waals surface area contributed by atoms with Crippen LogP contribution in [0.2, 0.25) is 0 Å². The summed E-state index contributed by atoms with van der Waals surface area (Å²) in [6.45, 7) is 7.87. The van der Waals surface area contributed by atoms with Crippen LogP contribution in [0.15, 0.2) is 57.6 Å². The van der Waals surface area contributed by atoms with Crippen LogP contribution in [0.25, 0.3) is 11.6 Å². The number of carbonyl (C=O) groups excluding carboxylic acids is 2. The van der Waals surface area contributed by atoms with Crippen LogP contribution in [-0.2, 0) is 16.1 Å². The molecule has 1 unspecified atom stereocenters. The van der Waals surface area contributed by atoms with Crippen LogP contribution in [0, 0.1) is 6.92 Å². The van der Waals surface area contributed by atoms with E-state index in [-0.39, 0.29) is 18.1 Å². The highest BCUT2D eigenvalue weighted by Gasteiger charge is 2.37. The van der Waals surface area contributed by atoms with Gasteiger partial charge in [0.2, 0.25) is 5.82 Å². The summed E-state index contributed by atoms with van der Waals surface area (Å²) in [6, 6.07) is 10.8. The molecule has 4 heterocycles. The third-order valence-corrected chi connectivity index (χ3v) is 5.58. The molecule has 0 aliphatic carbocycles. The van der Waals surface area contributed by atoms with Crippen molar-refractivity contribution in [3.63, 3.8) is 0 Å². The SMILES string of the molecule is Cc1ccc(-c2nnn(CC(=O)N(c3ccc4c(c3)OCCO4)C(C(=O)NC(C)(C)C)c3ccco3)n2)o1. The Hall–Kier alpha value is -4.61. The summed E-state index contributed by atoms with van der Waals surface area (Å²) in [5, 5.41) is 15.3. The minimum absolute atomic E-state index is 0.241. The van der Waals surface area contributed by atoms with E-state index in [1.807, 2.05) is 20.8 Å². The first-order valence-electron chi connectivity index (χ1n) is 12.1. The number of tetrazole rings is 1. The zero-order valence-corrected chi connectivity index (χ0v) is 21.5. The van der Waals surface area contributed by atoms with E-state index < -0.39 is 23.4 Å². The van der Waals surface area contributed by atoms with Gasteiger partial charge in [-0.2, -0.15) is 4.80 Å². The van der Waals surface area contributed by atoms with Crippen LogP contribution in [0.1, 0.15) is 38.3 Å². The predicted molar refractivity (Wildman–Crippen MR) is 135 cm³/mol. The Kier molecular flexibility index (Phi) is 6.62. The second kappa shape index (κ2) is 10.0. The summed E-state index contributed by atoms with van der Waals surface area (Å²) in [7, 11) is 0. The van der Waals surface area contributed by atoms with Crippen molar-refractivity contribution in [3.05, 3.63) is 60.2 Å². The highest BCUT2D eigenvalue weighted by atomic mass is 16.6. The fourth-order valence-corrected chi connectivity index (χ4v) is 4.04. The van der Waals surface area contributed by atoms with Gasteiger partial charge < -0.3 is 23.6 Å². The summed E-state index contributed by atoms with van der Waals surface area (Å²) in [5.41, 5.74) is -0.154.